The van der Waals surface area contributed by atoms with E-state index in [2.05, 4.69) is 9.71 Å². The summed E-state index contributed by atoms with van der Waals surface area (Å²) in [7, 11) is -3.69. The molecule has 4 nitrogen and oxygen atoms in total. The van der Waals surface area contributed by atoms with Gasteiger partial charge in [0.2, 0.25) is 0 Å². The van der Waals surface area contributed by atoms with Crippen LogP contribution >= 0.6 is 22.9 Å². The summed E-state index contributed by atoms with van der Waals surface area (Å²) in [6.07, 6.45) is 0. The molecule has 0 spiro atoms. The minimum absolute atomic E-state index is 0.00842. The third-order valence-corrected chi connectivity index (χ3v) is 5.95. The number of nitrogens with one attached hydrogen (secondary N) is 1. The van der Waals surface area contributed by atoms with Gasteiger partial charge in [0.05, 0.1) is 5.69 Å². The molecule has 0 saturated heterocycles. The van der Waals surface area contributed by atoms with Crippen LogP contribution in [0, 0.1) is 19.7 Å². The first-order valence-corrected chi connectivity index (χ1v) is 8.35. The Balaban J connectivity index is 2.17. The van der Waals surface area contributed by atoms with E-state index in [9.17, 15) is 12.8 Å². The van der Waals surface area contributed by atoms with Crippen molar-refractivity contribution in [2.45, 2.75) is 24.6 Å². The minimum Gasteiger partial charge on any atom is -0.229 e. The first-order valence-electron chi connectivity index (χ1n) is 5.67. The molecule has 0 fully saturated rings. The van der Waals surface area contributed by atoms with E-state index in [-0.39, 0.29) is 21.0 Å². The Morgan fingerprint density at radius 1 is 1.40 bits per heavy atom. The Morgan fingerprint density at radius 3 is 2.65 bits per heavy atom. The van der Waals surface area contributed by atoms with Gasteiger partial charge in [0.1, 0.15) is 5.82 Å². The summed E-state index contributed by atoms with van der Waals surface area (Å²) in [5.74, 6) is -0.362. The van der Waals surface area contributed by atoms with Crippen molar-refractivity contribution in [1.29, 1.82) is 0 Å². The number of sulfonamides is 1. The maximum atomic E-state index is 13.4. The SMILES string of the molecule is Cc1ccc(CNS(=O)(=O)c2sc(Cl)nc2C)cc1F. The molecule has 8 heteroatoms. The summed E-state index contributed by atoms with van der Waals surface area (Å²) in [6, 6.07) is 4.59. The summed E-state index contributed by atoms with van der Waals surface area (Å²) in [5, 5.41) is 0. The lowest BCUT2D eigenvalue weighted by molar-refractivity contribution is 0.581. The lowest BCUT2D eigenvalue weighted by atomic mass is 10.1. The molecular formula is C12H12ClFN2O2S2. The Labute approximate surface area is 125 Å². The predicted octanol–water partition coefficient (Wildman–Crippen LogP) is 3.03. The molecule has 1 heterocycles. The van der Waals surface area contributed by atoms with Crippen molar-refractivity contribution in [3.8, 4) is 0 Å². The normalized spacial score (nSPS) is 11.8. The van der Waals surface area contributed by atoms with Crippen molar-refractivity contribution in [2.75, 3.05) is 0 Å². The van der Waals surface area contributed by atoms with Crippen LogP contribution in [0.2, 0.25) is 4.47 Å². The number of halogens is 2. The molecule has 0 saturated carbocycles. The van der Waals surface area contributed by atoms with E-state index < -0.39 is 10.0 Å². The van der Waals surface area contributed by atoms with Crippen molar-refractivity contribution < 1.29 is 12.8 Å². The molecule has 2 aromatic rings. The molecule has 1 aromatic carbocycles. The molecule has 0 aliphatic rings. The minimum atomic E-state index is -3.69. The molecule has 108 valence electrons. The molecule has 0 radical (unpaired) electrons. The number of rotatable bonds is 4. The summed E-state index contributed by atoms with van der Waals surface area (Å²) in [4.78, 5) is 3.86. The van der Waals surface area contributed by atoms with Gasteiger partial charge in [-0.2, -0.15) is 0 Å². The number of nitrogens with zero attached hydrogens (tertiary/aromatic N) is 1. The van der Waals surface area contributed by atoms with Gasteiger partial charge in [0, 0.05) is 6.54 Å². The summed E-state index contributed by atoms with van der Waals surface area (Å²) < 4.78 is 40.2. The second-order valence-electron chi connectivity index (χ2n) is 4.25. The molecule has 20 heavy (non-hydrogen) atoms. The van der Waals surface area contributed by atoms with Crippen LogP contribution in [0.3, 0.4) is 0 Å². The fraction of sp³-hybridized carbons (Fsp3) is 0.250. The van der Waals surface area contributed by atoms with Gasteiger partial charge in [-0.25, -0.2) is 22.5 Å². The number of aryl methyl sites for hydroxylation is 2. The lowest BCUT2D eigenvalue weighted by Gasteiger charge is -2.06. The van der Waals surface area contributed by atoms with E-state index >= 15 is 0 Å². The molecule has 0 aliphatic heterocycles. The smallest absolute Gasteiger partial charge is 0.229 e. The average Bonchev–Trinajstić information content (AvgIpc) is 2.71. The van der Waals surface area contributed by atoms with Gasteiger partial charge in [-0.15, -0.1) is 0 Å². The van der Waals surface area contributed by atoms with E-state index in [4.69, 9.17) is 11.6 Å². The van der Waals surface area contributed by atoms with Crippen LogP contribution in [0.15, 0.2) is 22.4 Å². The van der Waals surface area contributed by atoms with Crippen LogP contribution < -0.4 is 4.72 Å². The van der Waals surface area contributed by atoms with E-state index in [1.165, 1.54) is 6.07 Å². The van der Waals surface area contributed by atoms with Crippen LogP contribution in [0.5, 0.6) is 0 Å². The highest BCUT2D eigenvalue weighted by Crippen LogP contribution is 2.26. The van der Waals surface area contributed by atoms with Crippen molar-refractivity contribution in [2.24, 2.45) is 0 Å². The monoisotopic (exact) mass is 334 g/mol. The van der Waals surface area contributed by atoms with Gasteiger partial charge in [0.15, 0.2) is 8.68 Å². The molecule has 0 amide bonds. The van der Waals surface area contributed by atoms with Gasteiger partial charge < -0.3 is 0 Å². The fourth-order valence-electron chi connectivity index (χ4n) is 1.59. The summed E-state index contributed by atoms with van der Waals surface area (Å²) >= 11 is 6.58. The predicted molar refractivity (Wildman–Crippen MR) is 77.0 cm³/mol. The topological polar surface area (TPSA) is 59.1 Å². The molecular weight excluding hydrogens is 323 g/mol. The Morgan fingerprint density at radius 2 is 2.10 bits per heavy atom. The quantitative estimate of drug-likeness (QED) is 0.935. The zero-order valence-corrected chi connectivity index (χ0v) is 13.2. The third kappa shape index (κ3) is 3.35. The van der Waals surface area contributed by atoms with E-state index in [1.807, 2.05) is 0 Å². The number of benzene rings is 1. The first kappa shape index (κ1) is 15.4. The highest BCUT2D eigenvalue weighted by atomic mass is 35.5. The number of thiazole rings is 1. The van der Waals surface area contributed by atoms with Crippen LogP contribution in [0.25, 0.3) is 0 Å². The average molecular weight is 335 g/mol. The number of aromatic nitrogens is 1. The summed E-state index contributed by atoms with van der Waals surface area (Å²) in [6.45, 7) is 3.23. The third-order valence-electron chi connectivity index (χ3n) is 2.67. The van der Waals surface area contributed by atoms with Gasteiger partial charge in [-0.3, -0.25) is 0 Å². The first-order chi connectivity index (χ1) is 9.29. The van der Waals surface area contributed by atoms with E-state index in [0.717, 1.165) is 11.3 Å². The second-order valence-corrected chi connectivity index (χ2v) is 7.79. The lowest BCUT2D eigenvalue weighted by Crippen LogP contribution is -2.23. The molecule has 1 N–H and O–H groups in total. The van der Waals surface area contributed by atoms with Gasteiger partial charge in [0.25, 0.3) is 10.0 Å². The van der Waals surface area contributed by atoms with E-state index in [0.29, 0.717) is 16.8 Å². The number of hydrogen-bond donors (Lipinski definition) is 1. The molecule has 0 unspecified atom stereocenters. The van der Waals surface area contributed by atoms with Crippen molar-refractivity contribution >= 4 is 33.0 Å². The molecule has 0 atom stereocenters. The molecule has 2 rings (SSSR count). The standard InChI is InChI=1S/C12H12ClFN2O2S2/c1-7-3-4-9(5-10(7)14)6-15-20(17,18)11-8(2)16-12(13)19-11/h3-5,15H,6H2,1-2H3. The highest BCUT2D eigenvalue weighted by molar-refractivity contribution is 7.91. The summed E-state index contributed by atoms with van der Waals surface area (Å²) in [5.41, 5.74) is 1.41. The highest BCUT2D eigenvalue weighted by Gasteiger charge is 2.21. The molecule has 1 aromatic heterocycles. The van der Waals surface area contributed by atoms with E-state index in [1.54, 1.807) is 26.0 Å². The molecule has 0 bridgehead atoms. The zero-order chi connectivity index (χ0) is 14.9. The molecule has 0 aliphatic carbocycles. The Hall–Kier alpha value is -1.02. The van der Waals surface area contributed by atoms with Crippen LogP contribution in [-0.2, 0) is 16.6 Å². The second kappa shape index (κ2) is 5.77. The van der Waals surface area contributed by atoms with Gasteiger partial charge in [-0.1, -0.05) is 35.1 Å². The van der Waals surface area contributed by atoms with Gasteiger partial charge in [-0.05, 0) is 31.0 Å². The maximum Gasteiger partial charge on any atom is 0.252 e. The Bertz CT molecular complexity index is 744. The zero-order valence-electron chi connectivity index (χ0n) is 10.8. The largest absolute Gasteiger partial charge is 0.252 e. The maximum absolute atomic E-state index is 13.4. The number of hydrogen-bond acceptors (Lipinski definition) is 4. The van der Waals surface area contributed by atoms with Crippen LogP contribution in [0.4, 0.5) is 4.39 Å². The van der Waals surface area contributed by atoms with Gasteiger partial charge >= 0.3 is 0 Å². The Kier molecular flexibility index (Phi) is 4.43. The van der Waals surface area contributed by atoms with Crippen molar-refractivity contribution in [1.82, 2.24) is 9.71 Å². The van der Waals surface area contributed by atoms with Crippen molar-refractivity contribution in [3.05, 3.63) is 45.3 Å². The fourth-order valence-corrected chi connectivity index (χ4v) is 4.39. The van der Waals surface area contributed by atoms with Crippen molar-refractivity contribution in [3.63, 3.8) is 0 Å². The van der Waals surface area contributed by atoms with Crippen LogP contribution in [0.1, 0.15) is 16.8 Å². The van der Waals surface area contributed by atoms with Crippen LogP contribution in [-0.4, -0.2) is 13.4 Å².